The highest BCUT2D eigenvalue weighted by Gasteiger charge is 2.14. The van der Waals surface area contributed by atoms with Gasteiger partial charge in [0.15, 0.2) is 0 Å². The summed E-state index contributed by atoms with van der Waals surface area (Å²) in [7, 11) is -2.06. The molecule has 0 aliphatic carbocycles. The molecule has 0 atom stereocenters. The molecule has 0 radical (unpaired) electrons. The van der Waals surface area contributed by atoms with Gasteiger partial charge < -0.3 is 9.84 Å². The van der Waals surface area contributed by atoms with E-state index in [0.717, 1.165) is 16.9 Å². The van der Waals surface area contributed by atoms with Crippen molar-refractivity contribution >= 4 is 16.0 Å². The Balaban J connectivity index is 2.00. The molecule has 0 aliphatic heterocycles. The summed E-state index contributed by atoms with van der Waals surface area (Å²) in [5.74, 6) is -0.306. The van der Waals surface area contributed by atoms with Crippen molar-refractivity contribution in [2.24, 2.45) is 0 Å². The van der Waals surface area contributed by atoms with Gasteiger partial charge in [-0.1, -0.05) is 12.1 Å². The van der Waals surface area contributed by atoms with Crippen LogP contribution >= 0.6 is 0 Å². The van der Waals surface area contributed by atoms with Gasteiger partial charge in [0.25, 0.3) is 0 Å². The zero-order chi connectivity index (χ0) is 17.7. The van der Waals surface area contributed by atoms with E-state index in [1.165, 1.54) is 24.3 Å². The van der Waals surface area contributed by atoms with Crippen LogP contribution in [0, 0.1) is 6.92 Å². The summed E-state index contributed by atoms with van der Waals surface area (Å²) in [5.41, 5.74) is 2.03. The van der Waals surface area contributed by atoms with Gasteiger partial charge in [-0.3, -0.25) is 0 Å². The molecule has 0 heterocycles. The number of nitrogens with one attached hydrogen (secondary N) is 1. The fourth-order valence-electron chi connectivity index (χ4n) is 2.29. The minimum atomic E-state index is -3.66. The van der Waals surface area contributed by atoms with E-state index in [1.807, 2.05) is 25.1 Å². The van der Waals surface area contributed by atoms with Crippen molar-refractivity contribution in [2.75, 3.05) is 13.7 Å². The van der Waals surface area contributed by atoms with Gasteiger partial charge in [0.2, 0.25) is 10.0 Å². The number of ether oxygens (including phenoxy) is 1. The predicted octanol–water partition coefficient (Wildman–Crippen LogP) is 2.22. The molecule has 2 aromatic rings. The van der Waals surface area contributed by atoms with Crippen LogP contribution in [-0.2, 0) is 16.4 Å². The number of carboxylic acid groups (broad SMARTS) is 1. The van der Waals surface area contributed by atoms with Gasteiger partial charge in [-0.25, -0.2) is 17.9 Å². The highest BCUT2D eigenvalue weighted by atomic mass is 32.2. The van der Waals surface area contributed by atoms with Gasteiger partial charge in [-0.05, 0) is 54.8 Å². The van der Waals surface area contributed by atoms with Crippen LogP contribution in [0.5, 0.6) is 5.75 Å². The van der Waals surface area contributed by atoms with Crippen molar-refractivity contribution in [3.05, 3.63) is 59.2 Å². The van der Waals surface area contributed by atoms with Crippen LogP contribution in [0.2, 0.25) is 0 Å². The first-order valence-corrected chi connectivity index (χ1v) is 8.78. The van der Waals surface area contributed by atoms with Gasteiger partial charge in [-0.15, -0.1) is 0 Å². The van der Waals surface area contributed by atoms with E-state index >= 15 is 0 Å². The van der Waals surface area contributed by atoms with E-state index in [4.69, 9.17) is 9.84 Å². The second-order valence-electron chi connectivity index (χ2n) is 5.28. The van der Waals surface area contributed by atoms with Gasteiger partial charge >= 0.3 is 5.97 Å². The first-order valence-electron chi connectivity index (χ1n) is 7.30. The van der Waals surface area contributed by atoms with Crippen molar-refractivity contribution in [2.45, 2.75) is 18.2 Å². The van der Waals surface area contributed by atoms with Gasteiger partial charge in [0.1, 0.15) is 5.75 Å². The number of carboxylic acids is 1. The first kappa shape index (κ1) is 18.0. The average Bonchev–Trinajstić information content (AvgIpc) is 2.55. The molecule has 0 saturated carbocycles. The number of aryl methyl sites for hydroxylation is 1. The Morgan fingerprint density at radius 3 is 2.38 bits per heavy atom. The molecule has 0 unspecified atom stereocenters. The SMILES string of the molecule is COc1ccc(CCNS(=O)(=O)c2ccc(C(=O)O)cc2)cc1C. The van der Waals surface area contributed by atoms with Crippen molar-refractivity contribution in [1.29, 1.82) is 0 Å². The van der Waals surface area contributed by atoms with E-state index < -0.39 is 16.0 Å². The number of aromatic carboxylic acids is 1. The zero-order valence-electron chi connectivity index (χ0n) is 13.4. The summed E-state index contributed by atoms with van der Waals surface area (Å²) in [6.45, 7) is 2.17. The third kappa shape index (κ3) is 4.33. The van der Waals surface area contributed by atoms with Crippen LogP contribution in [0.4, 0.5) is 0 Å². The lowest BCUT2D eigenvalue weighted by Gasteiger charge is -2.09. The number of sulfonamides is 1. The third-order valence-corrected chi connectivity index (χ3v) is 5.05. The minimum absolute atomic E-state index is 0.0402. The van der Waals surface area contributed by atoms with Crippen LogP contribution in [0.25, 0.3) is 0 Å². The van der Waals surface area contributed by atoms with Crippen LogP contribution in [-0.4, -0.2) is 33.1 Å². The summed E-state index contributed by atoms with van der Waals surface area (Å²) >= 11 is 0. The Morgan fingerprint density at radius 1 is 1.17 bits per heavy atom. The lowest BCUT2D eigenvalue weighted by atomic mass is 10.1. The molecule has 0 amide bonds. The summed E-state index contributed by atoms with van der Waals surface area (Å²) in [6.07, 6.45) is 0.539. The molecular weight excluding hydrogens is 330 g/mol. The van der Waals surface area contributed by atoms with Crippen LogP contribution in [0.15, 0.2) is 47.4 Å². The maximum atomic E-state index is 12.2. The van der Waals surface area contributed by atoms with Crippen molar-refractivity contribution < 1.29 is 23.1 Å². The smallest absolute Gasteiger partial charge is 0.335 e. The second kappa shape index (κ2) is 7.46. The fourth-order valence-corrected chi connectivity index (χ4v) is 3.32. The molecule has 6 nitrogen and oxygen atoms in total. The molecule has 0 spiro atoms. The van der Waals surface area contributed by atoms with Gasteiger partial charge in [0, 0.05) is 6.54 Å². The lowest BCUT2D eigenvalue weighted by Crippen LogP contribution is -2.26. The Morgan fingerprint density at radius 2 is 1.83 bits per heavy atom. The average molecular weight is 349 g/mol. The predicted molar refractivity (Wildman–Crippen MR) is 90.0 cm³/mol. The molecule has 0 bridgehead atoms. The quantitative estimate of drug-likeness (QED) is 0.799. The Kier molecular flexibility index (Phi) is 5.58. The summed E-state index contributed by atoms with van der Waals surface area (Å²) in [4.78, 5) is 10.8. The van der Waals surface area contributed by atoms with Gasteiger partial charge in [0.05, 0.1) is 17.6 Å². The fraction of sp³-hybridized carbons (Fsp3) is 0.235. The molecule has 0 fully saturated rings. The number of hydrogen-bond donors (Lipinski definition) is 2. The molecular formula is C17H19NO5S. The molecule has 128 valence electrons. The summed E-state index contributed by atoms with van der Waals surface area (Å²) in [6, 6.07) is 10.8. The normalized spacial score (nSPS) is 11.2. The van der Waals surface area contributed by atoms with Crippen LogP contribution < -0.4 is 9.46 Å². The second-order valence-corrected chi connectivity index (χ2v) is 7.05. The van der Waals surface area contributed by atoms with Crippen LogP contribution in [0.3, 0.4) is 0 Å². The standard InChI is InChI=1S/C17H19NO5S/c1-12-11-13(3-8-16(12)23-2)9-10-18-24(21,22)15-6-4-14(5-7-15)17(19)20/h3-8,11,18H,9-10H2,1-2H3,(H,19,20). The highest BCUT2D eigenvalue weighted by molar-refractivity contribution is 7.89. The number of hydrogen-bond acceptors (Lipinski definition) is 4. The zero-order valence-corrected chi connectivity index (χ0v) is 14.3. The highest BCUT2D eigenvalue weighted by Crippen LogP contribution is 2.18. The van der Waals surface area contributed by atoms with Crippen LogP contribution in [0.1, 0.15) is 21.5 Å². The largest absolute Gasteiger partial charge is 0.496 e. The van der Waals surface area contributed by atoms with E-state index in [2.05, 4.69) is 4.72 Å². The van der Waals surface area contributed by atoms with Gasteiger partial charge in [-0.2, -0.15) is 0 Å². The number of benzene rings is 2. The Labute approximate surface area is 141 Å². The van der Waals surface area contributed by atoms with Crippen molar-refractivity contribution in [1.82, 2.24) is 4.72 Å². The van der Waals surface area contributed by atoms with E-state index in [9.17, 15) is 13.2 Å². The molecule has 2 N–H and O–H groups in total. The maximum absolute atomic E-state index is 12.2. The summed E-state index contributed by atoms with van der Waals surface area (Å²) < 4.78 is 32.1. The van der Waals surface area contributed by atoms with Crippen molar-refractivity contribution in [3.63, 3.8) is 0 Å². The molecule has 2 rings (SSSR count). The minimum Gasteiger partial charge on any atom is -0.496 e. The molecule has 2 aromatic carbocycles. The van der Waals surface area contributed by atoms with E-state index in [0.29, 0.717) is 6.42 Å². The molecule has 0 aromatic heterocycles. The third-order valence-electron chi connectivity index (χ3n) is 3.58. The van der Waals surface area contributed by atoms with E-state index in [-0.39, 0.29) is 17.0 Å². The summed E-state index contributed by atoms with van der Waals surface area (Å²) in [5, 5.41) is 8.83. The molecule has 24 heavy (non-hydrogen) atoms. The monoisotopic (exact) mass is 349 g/mol. The first-order chi connectivity index (χ1) is 11.3. The Hall–Kier alpha value is -2.38. The number of methoxy groups -OCH3 is 1. The topological polar surface area (TPSA) is 92.7 Å². The molecule has 0 saturated heterocycles. The number of carbonyl (C=O) groups is 1. The maximum Gasteiger partial charge on any atom is 0.335 e. The number of rotatable bonds is 7. The molecule has 7 heteroatoms. The van der Waals surface area contributed by atoms with Crippen molar-refractivity contribution in [3.8, 4) is 5.75 Å². The molecule has 0 aliphatic rings. The Bertz CT molecular complexity index is 829. The van der Waals surface area contributed by atoms with E-state index in [1.54, 1.807) is 7.11 Å². The lowest BCUT2D eigenvalue weighted by molar-refractivity contribution is 0.0696.